The number of aromatic hydroxyl groups is 1. The third-order valence-electron chi connectivity index (χ3n) is 3.41. The lowest BCUT2D eigenvalue weighted by Crippen LogP contribution is -1.84. The number of nitrogens with zero attached hydrogens (tertiary/aromatic N) is 3. The Balaban J connectivity index is 2.06. The fraction of sp³-hybridized carbons (Fsp3) is 0. The molecule has 102 valence electrons. The van der Waals surface area contributed by atoms with Gasteiger partial charge in [-0.3, -0.25) is 0 Å². The molecule has 3 heterocycles. The summed E-state index contributed by atoms with van der Waals surface area (Å²) in [6.07, 6.45) is 1.90. The normalized spacial score (nSPS) is 11.0. The van der Waals surface area contributed by atoms with Crippen LogP contribution in [0.15, 0.2) is 60.8 Å². The largest absolute Gasteiger partial charge is 0.494 e. The number of nitrogens with one attached hydrogen (secondary N) is 1. The van der Waals surface area contributed by atoms with Crippen molar-refractivity contribution in [2.24, 2.45) is 0 Å². The van der Waals surface area contributed by atoms with Gasteiger partial charge in [-0.15, -0.1) is 0 Å². The van der Waals surface area contributed by atoms with Crippen molar-refractivity contribution in [3.8, 4) is 28.4 Å². The van der Waals surface area contributed by atoms with Crippen LogP contribution in [0, 0.1) is 0 Å². The van der Waals surface area contributed by atoms with Crippen LogP contribution in [0.2, 0.25) is 0 Å². The van der Waals surface area contributed by atoms with Crippen LogP contribution in [0.25, 0.3) is 28.0 Å². The summed E-state index contributed by atoms with van der Waals surface area (Å²) in [6.45, 7) is 0. The van der Waals surface area contributed by atoms with E-state index in [9.17, 15) is 5.11 Å². The summed E-state index contributed by atoms with van der Waals surface area (Å²) in [6, 6.07) is 17.4. The van der Waals surface area contributed by atoms with Crippen LogP contribution in [0.5, 0.6) is 5.88 Å². The first-order valence-electron chi connectivity index (χ1n) is 6.60. The fourth-order valence-corrected chi connectivity index (χ4v) is 2.49. The van der Waals surface area contributed by atoms with Gasteiger partial charge in [0.2, 0.25) is 5.88 Å². The molecule has 5 heteroatoms. The topological polar surface area (TPSA) is 66.2 Å². The molecule has 1 aromatic carbocycles. The minimum atomic E-state index is 0.0410. The zero-order chi connectivity index (χ0) is 14.2. The average molecular weight is 276 g/mol. The maximum absolute atomic E-state index is 9.54. The molecule has 0 spiro atoms. The lowest BCUT2D eigenvalue weighted by molar-refractivity contribution is 0.452. The van der Waals surface area contributed by atoms with Gasteiger partial charge in [0, 0.05) is 17.8 Å². The van der Waals surface area contributed by atoms with Gasteiger partial charge in [-0.2, -0.15) is 10.2 Å². The molecule has 0 radical (unpaired) electrons. The first kappa shape index (κ1) is 11.7. The van der Waals surface area contributed by atoms with Gasteiger partial charge in [0.05, 0.1) is 11.1 Å². The van der Waals surface area contributed by atoms with Crippen molar-refractivity contribution in [2.45, 2.75) is 0 Å². The van der Waals surface area contributed by atoms with E-state index in [1.54, 1.807) is 6.07 Å². The summed E-state index contributed by atoms with van der Waals surface area (Å²) in [5.41, 5.74) is 4.38. The molecule has 0 atom stereocenters. The average Bonchev–Trinajstić information content (AvgIpc) is 3.11. The monoisotopic (exact) mass is 276 g/mol. The second-order valence-corrected chi connectivity index (χ2v) is 4.76. The number of aromatic nitrogens is 4. The second-order valence-electron chi connectivity index (χ2n) is 4.76. The summed E-state index contributed by atoms with van der Waals surface area (Å²) >= 11 is 0. The fourth-order valence-electron chi connectivity index (χ4n) is 2.49. The Hall–Kier alpha value is -3.08. The van der Waals surface area contributed by atoms with Crippen molar-refractivity contribution in [2.75, 3.05) is 0 Å². The Morgan fingerprint density at radius 1 is 1.00 bits per heavy atom. The molecular formula is C16H12N4O. The van der Waals surface area contributed by atoms with Crippen LogP contribution in [0.4, 0.5) is 0 Å². The lowest BCUT2D eigenvalue weighted by Gasteiger charge is -1.99. The number of hydrogen-bond donors (Lipinski definition) is 2. The second kappa shape index (κ2) is 4.49. The number of rotatable bonds is 2. The Bertz CT molecular complexity index is 908. The SMILES string of the molecule is Oc1cc(-c2c(-c3ccccc3)nn3ccccc23)n[nH]1. The van der Waals surface area contributed by atoms with Crippen LogP contribution in [-0.2, 0) is 0 Å². The summed E-state index contributed by atoms with van der Waals surface area (Å²) < 4.78 is 1.82. The van der Waals surface area contributed by atoms with Gasteiger partial charge < -0.3 is 5.11 Å². The third kappa shape index (κ3) is 1.87. The maximum atomic E-state index is 9.54. The maximum Gasteiger partial charge on any atom is 0.207 e. The number of benzene rings is 1. The van der Waals surface area contributed by atoms with Crippen molar-refractivity contribution in [1.29, 1.82) is 0 Å². The zero-order valence-electron chi connectivity index (χ0n) is 11.1. The number of pyridine rings is 1. The predicted octanol–water partition coefficient (Wildman–Crippen LogP) is 3.10. The van der Waals surface area contributed by atoms with Crippen LogP contribution >= 0.6 is 0 Å². The molecular weight excluding hydrogens is 264 g/mol. The first-order valence-corrected chi connectivity index (χ1v) is 6.60. The highest BCUT2D eigenvalue weighted by Crippen LogP contribution is 2.34. The Labute approximate surface area is 120 Å². The van der Waals surface area contributed by atoms with E-state index in [0.29, 0.717) is 5.69 Å². The molecule has 4 rings (SSSR count). The molecule has 2 N–H and O–H groups in total. The van der Waals surface area contributed by atoms with Crippen molar-refractivity contribution < 1.29 is 5.11 Å². The molecule has 21 heavy (non-hydrogen) atoms. The molecule has 0 aliphatic rings. The van der Waals surface area contributed by atoms with E-state index in [-0.39, 0.29) is 5.88 Å². The predicted molar refractivity (Wildman–Crippen MR) is 79.9 cm³/mol. The van der Waals surface area contributed by atoms with Crippen LogP contribution in [0.3, 0.4) is 0 Å². The minimum Gasteiger partial charge on any atom is -0.494 e. The molecule has 3 aromatic heterocycles. The number of fused-ring (bicyclic) bond motifs is 1. The van der Waals surface area contributed by atoms with Gasteiger partial charge in [0.15, 0.2) is 0 Å². The van der Waals surface area contributed by atoms with E-state index in [1.165, 1.54) is 0 Å². The lowest BCUT2D eigenvalue weighted by atomic mass is 10.0. The van der Waals surface area contributed by atoms with E-state index >= 15 is 0 Å². The number of H-pyrrole nitrogens is 1. The summed E-state index contributed by atoms with van der Waals surface area (Å²) in [4.78, 5) is 0. The standard InChI is InChI=1S/C16H12N4O/c21-14-10-12(17-18-14)15-13-8-4-5-9-20(13)19-16(15)11-6-2-1-3-7-11/h1-10H,(H2,17,18,21). The molecule has 0 bridgehead atoms. The summed E-state index contributed by atoms with van der Waals surface area (Å²) in [5.74, 6) is 0.0410. The molecule has 0 fully saturated rings. The molecule has 0 saturated carbocycles. The van der Waals surface area contributed by atoms with Crippen LogP contribution < -0.4 is 0 Å². The molecule has 5 nitrogen and oxygen atoms in total. The molecule has 0 saturated heterocycles. The van der Waals surface area contributed by atoms with Crippen LogP contribution in [0.1, 0.15) is 0 Å². The summed E-state index contributed by atoms with van der Waals surface area (Å²) in [7, 11) is 0. The quantitative estimate of drug-likeness (QED) is 0.591. The summed E-state index contributed by atoms with van der Waals surface area (Å²) in [5, 5.41) is 20.9. The van der Waals surface area contributed by atoms with Gasteiger partial charge in [-0.1, -0.05) is 36.4 Å². The minimum absolute atomic E-state index is 0.0410. The van der Waals surface area contributed by atoms with E-state index in [0.717, 1.165) is 22.3 Å². The van der Waals surface area contributed by atoms with Crippen molar-refractivity contribution >= 4 is 5.52 Å². The molecule has 0 aliphatic carbocycles. The van der Waals surface area contributed by atoms with Gasteiger partial charge in [0.1, 0.15) is 11.4 Å². The molecule has 0 unspecified atom stereocenters. The Morgan fingerprint density at radius 3 is 2.57 bits per heavy atom. The first-order chi connectivity index (χ1) is 10.3. The zero-order valence-corrected chi connectivity index (χ0v) is 11.1. The van der Waals surface area contributed by atoms with Gasteiger partial charge in [-0.05, 0) is 12.1 Å². The highest BCUT2D eigenvalue weighted by molar-refractivity contribution is 5.90. The van der Waals surface area contributed by atoms with E-state index in [2.05, 4.69) is 15.3 Å². The van der Waals surface area contributed by atoms with Gasteiger partial charge in [0.25, 0.3) is 0 Å². The Kier molecular flexibility index (Phi) is 2.50. The van der Waals surface area contributed by atoms with Crippen molar-refractivity contribution in [3.05, 3.63) is 60.8 Å². The van der Waals surface area contributed by atoms with Crippen LogP contribution in [-0.4, -0.2) is 24.9 Å². The molecule has 0 aliphatic heterocycles. The molecule has 0 amide bonds. The van der Waals surface area contributed by atoms with E-state index < -0.39 is 0 Å². The number of hydrogen-bond acceptors (Lipinski definition) is 3. The van der Waals surface area contributed by atoms with E-state index in [1.807, 2.05) is 59.2 Å². The Morgan fingerprint density at radius 2 is 1.81 bits per heavy atom. The molecule has 4 aromatic rings. The highest BCUT2D eigenvalue weighted by atomic mass is 16.3. The van der Waals surface area contributed by atoms with E-state index in [4.69, 9.17) is 0 Å². The van der Waals surface area contributed by atoms with Crippen molar-refractivity contribution in [1.82, 2.24) is 19.8 Å². The van der Waals surface area contributed by atoms with Gasteiger partial charge in [-0.25, -0.2) is 9.61 Å². The number of aromatic amines is 1. The smallest absolute Gasteiger partial charge is 0.207 e. The van der Waals surface area contributed by atoms with Crippen molar-refractivity contribution in [3.63, 3.8) is 0 Å². The third-order valence-corrected chi connectivity index (χ3v) is 3.41. The van der Waals surface area contributed by atoms with Gasteiger partial charge >= 0.3 is 0 Å². The highest BCUT2D eigenvalue weighted by Gasteiger charge is 2.18.